The van der Waals surface area contributed by atoms with Crippen molar-refractivity contribution >= 4 is 11.9 Å². The molecule has 0 atom stereocenters. The van der Waals surface area contributed by atoms with Crippen LogP contribution in [0.4, 0.5) is 4.79 Å². The molecular weight excluding hydrogens is 448 g/mol. The number of urea groups is 1. The van der Waals surface area contributed by atoms with Gasteiger partial charge in [0.1, 0.15) is 28.6 Å². The topological polar surface area (TPSA) is 117 Å². The molecule has 8 nitrogen and oxygen atoms in total. The normalized spacial score (nSPS) is 12.3. The second-order valence-corrected chi connectivity index (χ2v) is 8.86. The Labute approximate surface area is 203 Å². The number of hydrogen-bond donors (Lipinski definition) is 4. The lowest BCUT2D eigenvalue weighted by Crippen LogP contribution is -2.41. The molecular formula is C27H28N2O6. The van der Waals surface area contributed by atoms with E-state index < -0.39 is 29.5 Å². The summed E-state index contributed by atoms with van der Waals surface area (Å²) in [5, 5.41) is 24.9. The Morgan fingerprint density at radius 1 is 0.800 bits per heavy atom. The molecule has 0 saturated carbocycles. The predicted octanol–water partition coefficient (Wildman–Crippen LogP) is 4.88. The van der Waals surface area contributed by atoms with E-state index in [4.69, 9.17) is 9.47 Å². The summed E-state index contributed by atoms with van der Waals surface area (Å²) >= 11 is 0. The predicted molar refractivity (Wildman–Crippen MR) is 131 cm³/mol. The second kappa shape index (κ2) is 9.58. The quantitative estimate of drug-likeness (QED) is 0.403. The molecule has 1 aliphatic carbocycles. The highest BCUT2D eigenvalue weighted by Crippen LogP contribution is 2.46. The number of phenolic OH excluding ortho intramolecular Hbond substituents is 2. The summed E-state index contributed by atoms with van der Waals surface area (Å²) in [6.07, 6.45) is -0.0529. The molecule has 8 heteroatoms. The van der Waals surface area contributed by atoms with Crippen molar-refractivity contribution in [1.82, 2.24) is 10.6 Å². The summed E-state index contributed by atoms with van der Waals surface area (Å²) in [5.41, 5.74) is 3.11. The van der Waals surface area contributed by atoms with Crippen molar-refractivity contribution in [3.63, 3.8) is 0 Å². The van der Waals surface area contributed by atoms with Gasteiger partial charge in [-0.15, -0.1) is 0 Å². The van der Waals surface area contributed by atoms with Crippen LogP contribution in [0.15, 0.2) is 54.6 Å². The Balaban J connectivity index is 1.66. The van der Waals surface area contributed by atoms with E-state index in [-0.39, 0.29) is 17.8 Å². The molecule has 0 fully saturated rings. The summed E-state index contributed by atoms with van der Waals surface area (Å²) in [6, 6.07) is 13.9. The smallest absolute Gasteiger partial charge is 0.322 e. The number of hydrogen-bond acceptors (Lipinski definition) is 6. The Hall–Kier alpha value is -4.20. The minimum atomic E-state index is -0.926. The van der Waals surface area contributed by atoms with E-state index in [0.29, 0.717) is 11.5 Å². The molecule has 3 aromatic rings. The number of aromatic hydroxyl groups is 2. The van der Waals surface area contributed by atoms with Crippen molar-refractivity contribution in [3.8, 4) is 34.1 Å². The van der Waals surface area contributed by atoms with Gasteiger partial charge in [-0.3, -0.25) is 10.1 Å². The van der Waals surface area contributed by atoms with Crippen LogP contribution in [0.5, 0.6) is 23.0 Å². The number of rotatable bonds is 6. The zero-order valence-electron chi connectivity index (χ0n) is 20.0. The minimum absolute atomic E-state index is 0.0265. The first-order valence-electron chi connectivity index (χ1n) is 11.4. The molecule has 0 aliphatic heterocycles. The van der Waals surface area contributed by atoms with Crippen LogP contribution in [-0.2, 0) is 0 Å². The molecule has 4 N–H and O–H groups in total. The fraction of sp³-hybridized carbons (Fsp3) is 0.259. The molecule has 0 unspecified atom stereocenters. The number of imide groups is 1. The monoisotopic (exact) mass is 476 g/mol. The van der Waals surface area contributed by atoms with Gasteiger partial charge < -0.3 is 25.0 Å². The van der Waals surface area contributed by atoms with Gasteiger partial charge >= 0.3 is 6.03 Å². The zero-order valence-corrected chi connectivity index (χ0v) is 20.0. The average Bonchev–Trinajstić information content (AvgIpc) is 3.05. The van der Waals surface area contributed by atoms with Gasteiger partial charge in [-0.05, 0) is 86.3 Å². The van der Waals surface area contributed by atoms with Crippen molar-refractivity contribution in [2.45, 2.75) is 45.9 Å². The molecule has 3 aromatic carbocycles. The Bertz CT molecular complexity index is 1200. The highest BCUT2D eigenvalue weighted by Gasteiger charge is 2.32. The highest BCUT2D eigenvalue weighted by atomic mass is 16.5. The van der Waals surface area contributed by atoms with Gasteiger partial charge in [0.15, 0.2) is 0 Å². The summed E-state index contributed by atoms with van der Waals surface area (Å²) in [7, 11) is 0. The molecule has 0 spiro atoms. The molecule has 0 aromatic heterocycles. The largest absolute Gasteiger partial charge is 0.507 e. The van der Waals surface area contributed by atoms with Crippen LogP contribution in [0.3, 0.4) is 0 Å². The lowest BCUT2D eigenvalue weighted by atomic mass is 10.0. The van der Waals surface area contributed by atoms with Crippen molar-refractivity contribution in [2.24, 2.45) is 0 Å². The van der Waals surface area contributed by atoms with Crippen LogP contribution >= 0.6 is 0 Å². The van der Waals surface area contributed by atoms with Crippen LogP contribution < -0.4 is 20.1 Å². The number of nitrogens with one attached hydrogen (secondary N) is 2. The van der Waals surface area contributed by atoms with E-state index in [0.717, 1.165) is 22.3 Å². The van der Waals surface area contributed by atoms with Gasteiger partial charge in [-0.1, -0.05) is 18.2 Å². The van der Waals surface area contributed by atoms with Gasteiger partial charge in [0.2, 0.25) is 0 Å². The molecule has 3 amide bonds. The van der Waals surface area contributed by atoms with Gasteiger partial charge in [0, 0.05) is 0 Å². The first-order chi connectivity index (χ1) is 16.6. The lowest BCUT2D eigenvalue weighted by Gasteiger charge is -2.18. The van der Waals surface area contributed by atoms with Crippen LogP contribution in [0.1, 0.15) is 55.2 Å². The molecule has 0 bridgehead atoms. The summed E-state index contributed by atoms with van der Waals surface area (Å²) < 4.78 is 11.7. The van der Waals surface area contributed by atoms with E-state index >= 15 is 0 Å². The molecule has 0 heterocycles. The number of amides is 3. The van der Waals surface area contributed by atoms with Crippen LogP contribution in [0, 0.1) is 0 Å². The number of phenols is 2. The number of benzene rings is 3. The second-order valence-electron chi connectivity index (χ2n) is 8.86. The number of carbonyl (C=O) groups is 2. The summed E-state index contributed by atoms with van der Waals surface area (Å²) in [5.74, 6) is -0.471. The Morgan fingerprint density at radius 3 is 1.74 bits per heavy atom. The number of carbonyl (C=O) groups excluding carboxylic acids is 2. The Morgan fingerprint density at radius 2 is 1.29 bits per heavy atom. The van der Waals surface area contributed by atoms with E-state index in [1.54, 1.807) is 0 Å². The standard InChI is InChI=1S/C27H28N2O6/c1-14(2)34-16-8-10-18-19-11-9-17(35-15(3)4)13-21(19)25(20(18)12-16)28-27(33)29-26(32)24-22(30)6-5-7-23(24)31/h5-15,25,30-31H,1-4H3,(H2,28,29,32,33). The SMILES string of the molecule is CC(C)Oc1ccc2c(c1)C(NC(=O)NC(=O)c1c(O)cccc1O)c1cc(OC(C)C)ccc1-2. The molecule has 1 aliphatic rings. The number of ether oxygens (including phenoxy) is 2. The first-order valence-corrected chi connectivity index (χ1v) is 11.4. The fourth-order valence-corrected chi connectivity index (χ4v) is 4.16. The zero-order chi connectivity index (χ0) is 25.3. The maximum atomic E-state index is 12.9. The Kier molecular flexibility index (Phi) is 6.55. The molecule has 35 heavy (non-hydrogen) atoms. The van der Waals surface area contributed by atoms with Crippen molar-refractivity contribution in [2.75, 3.05) is 0 Å². The molecule has 0 radical (unpaired) electrons. The van der Waals surface area contributed by atoms with Crippen LogP contribution in [-0.4, -0.2) is 34.4 Å². The number of fused-ring (bicyclic) bond motifs is 3. The summed E-state index contributed by atoms with van der Waals surface area (Å²) in [4.78, 5) is 25.5. The van der Waals surface area contributed by atoms with E-state index in [1.165, 1.54) is 18.2 Å². The third kappa shape index (κ3) is 5.01. The van der Waals surface area contributed by atoms with Crippen molar-refractivity contribution < 1.29 is 29.3 Å². The highest BCUT2D eigenvalue weighted by molar-refractivity contribution is 6.07. The van der Waals surface area contributed by atoms with Crippen LogP contribution in [0.25, 0.3) is 11.1 Å². The molecule has 4 rings (SSSR count). The lowest BCUT2D eigenvalue weighted by molar-refractivity contribution is 0.0958. The van der Waals surface area contributed by atoms with Crippen molar-refractivity contribution in [3.05, 3.63) is 71.3 Å². The molecule has 182 valence electrons. The summed E-state index contributed by atoms with van der Waals surface area (Å²) in [6.45, 7) is 7.73. The van der Waals surface area contributed by atoms with E-state index in [2.05, 4.69) is 10.6 Å². The molecule has 0 saturated heterocycles. The third-order valence-corrected chi connectivity index (χ3v) is 5.45. The van der Waals surface area contributed by atoms with Crippen LogP contribution in [0.2, 0.25) is 0 Å². The van der Waals surface area contributed by atoms with E-state index in [9.17, 15) is 19.8 Å². The van der Waals surface area contributed by atoms with Gasteiger partial charge in [0.05, 0.1) is 18.2 Å². The van der Waals surface area contributed by atoms with Gasteiger partial charge in [-0.25, -0.2) is 4.79 Å². The maximum Gasteiger partial charge on any atom is 0.322 e. The van der Waals surface area contributed by atoms with Gasteiger partial charge in [-0.2, -0.15) is 0 Å². The first kappa shape index (κ1) is 23.9. The third-order valence-electron chi connectivity index (χ3n) is 5.45. The fourth-order valence-electron chi connectivity index (χ4n) is 4.16. The minimum Gasteiger partial charge on any atom is -0.507 e. The maximum absolute atomic E-state index is 12.9. The average molecular weight is 477 g/mol. The van der Waals surface area contributed by atoms with Gasteiger partial charge in [0.25, 0.3) is 5.91 Å². The van der Waals surface area contributed by atoms with E-state index in [1.807, 2.05) is 64.1 Å². The van der Waals surface area contributed by atoms with Crippen molar-refractivity contribution in [1.29, 1.82) is 0 Å².